The summed E-state index contributed by atoms with van der Waals surface area (Å²) in [6.07, 6.45) is 1.79. The van der Waals surface area contributed by atoms with E-state index in [1.807, 2.05) is 20.8 Å². The van der Waals surface area contributed by atoms with E-state index >= 15 is 0 Å². The quantitative estimate of drug-likeness (QED) is 0.273. The monoisotopic (exact) mass is 263 g/mol. The summed E-state index contributed by atoms with van der Waals surface area (Å²) >= 11 is 0. The van der Waals surface area contributed by atoms with Gasteiger partial charge in [-0.3, -0.25) is 0 Å². The second kappa shape index (κ2) is 8.76. The first-order chi connectivity index (χ1) is 8.00. The van der Waals surface area contributed by atoms with E-state index in [0.717, 1.165) is 12.8 Å². The van der Waals surface area contributed by atoms with Crippen LogP contribution in [-0.4, -0.2) is 36.4 Å². The lowest BCUT2D eigenvalue weighted by Crippen LogP contribution is -2.76. The van der Waals surface area contributed by atoms with E-state index in [2.05, 4.69) is 0 Å². The fraction of sp³-hybridized carbons (Fsp3) is 1.00. The van der Waals surface area contributed by atoms with Gasteiger partial charge in [0.2, 0.25) is 0 Å². The fourth-order valence-corrected chi connectivity index (χ4v) is 0.808. The SMILES string of the molecule is CC(N)CN.CC(N)CN.CC1(N)CCC1(N)N. The molecule has 0 saturated heterocycles. The first-order valence-corrected chi connectivity index (χ1v) is 6.28. The van der Waals surface area contributed by atoms with Gasteiger partial charge in [-0.15, -0.1) is 0 Å². The molecule has 0 radical (unpaired) electrons. The molecular formula is C11H33N7. The second-order valence-electron chi connectivity index (χ2n) is 5.38. The molecule has 1 aliphatic rings. The molecule has 7 nitrogen and oxygen atoms in total. The molecule has 0 aliphatic heterocycles. The van der Waals surface area contributed by atoms with Gasteiger partial charge in [0.1, 0.15) is 0 Å². The van der Waals surface area contributed by atoms with Gasteiger partial charge in [-0.25, -0.2) is 0 Å². The summed E-state index contributed by atoms with van der Waals surface area (Å²) in [5.74, 6) is 0. The largest absolute Gasteiger partial charge is 0.329 e. The van der Waals surface area contributed by atoms with Crippen LogP contribution in [0.5, 0.6) is 0 Å². The molecule has 1 aliphatic carbocycles. The molecule has 1 rings (SSSR count). The number of rotatable bonds is 2. The minimum atomic E-state index is -0.604. The molecule has 0 bridgehead atoms. The highest BCUT2D eigenvalue weighted by Crippen LogP contribution is 2.33. The molecule has 112 valence electrons. The summed E-state index contributed by atoms with van der Waals surface area (Å²) in [4.78, 5) is 0. The molecule has 1 fully saturated rings. The van der Waals surface area contributed by atoms with Gasteiger partial charge in [-0.1, -0.05) is 0 Å². The molecule has 14 N–H and O–H groups in total. The Morgan fingerprint density at radius 2 is 1.11 bits per heavy atom. The third-order valence-electron chi connectivity index (χ3n) is 2.86. The topological polar surface area (TPSA) is 182 Å². The van der Waals surface area contributed by atoms with E-state index in [-0.39, 0.29) is 17.6 Å². The molecule has 0 heterocycles. The van der Waals surface area contributed by atoms with Gasteiger partial charge in [0, 0.05) is 30.7 Å². The second-order valence-corrected chi connectivity index (χ2v) is 5.38. The minimum Gasteiger partial charge on any atom is -0.329 e. The third-order valence-corrected chi connectivity index (χ3v) is 2.86. The Morgan fingerprint density at radius 1 is 0.889 bits per heavy atom. The normalized spacial score (nSPS) is 27.7. The molecule has 18 heavy (non-hydrogen) atoms. The highest BCUT2D eigenvalue weighted by atomic mass is 15.1. The van der Waals surface area contributed by atoms with Gasteiger partial charge in [0.25, 0.3) is 0 Å². The van der Waals surface area contributed by atoms with Crippen LogP contribution < -0.4 is 40.1 Å². The lowest BCUT2D eigenvalue weighted by Gasteiger charge is -2.50. The van der Waals surface area contributed by atoms with E-state index in [1.165, 1.54) is 0 Å². The molecule has 1 saturated carbocycles. The van der Waals surface area contributed by atoms with Crippen LogP contribution in [-0.2, 0) is 0 Å². The standard InChI is InChI=1S/C5H13N3.2C3H10N2/c1-4(6)2-3-5(4,7)8;2*1-3(5)2-4/h2-3,6-8H2,1H3;2*3H,2,4-5H2,1H3. The van der Waals surface area contributed by atoms with E-state index in [0.29, 0.717) is 13.1 Å². The molecule has 0 aromatic rings. The van der Waals surface area contributed by atoms with Gasteiger partial charge in [0.05, 0.1) is 5.66 Å². The smallest absolute Gasteiger partial charge is 0.0819 e. The van der Waals surface area contributed by atoms with Gasteiger partial charge in [-0.2, -0.15) is 0 Å². The summed E-state index contributed by atoms with van der Waals surface area (Å²) in [7, 11) is 0. The molecule has 3 atom stereocenters. The van der Waals surface area contributed by atoms with Crippen molar-refractivity contribution in [2.24, 2.45) is 40.1 Å². The van der Waals surface area contributed by atoms with Crippen LogP contribution in [0.4, 0.5) is 0 Å². The van der Waals surface area contributed by atoms with Crippen molar-refractivity contribution in [1.82, 2.24) is 0 Å². The van der Waals surface area contributed by atoms with E-state index in [1.54, 1.807) is 0 Å². The van der Waals surface area contributed by atoms with Crippen molar-refractivity contribution in [2.75, 3.05) is 13.1 Å². The molecule has 0 spiro atoms. The zero-order valence-corrected chi connectivity index (χ0v) is 12.0. The highest BCUT2D eigenvalue weighted by molar-refractivity contribution is 5.09. The number of hydrogen-bond donors (Lipinski definition) is 7. The summed E-state index contributed by atoms with van der Waals surface area (Å²) in [5, 5.41) is 0. The van der Waals surface area contributed by atoms with Gasteiger partial charge in [-0.05, 0) is 33.6 Å². The Bertz CT molecular complexity index is 180. The van der Waals surface area contributed by atoms with Crippen LogP contribution in [0.3, 0.4) is 0 Å². The zero-order chi connectivity index (χ0) is 15.0. The predicted octanol–water partition coefficient (Wildman–Crippen LogP) is -2.30. The van der Waals surface area contributed by atoms with Crippen LogP contribution in [0.2, 0.25) is 0 Å². The van der Waals surface area contributed by atoms with Crippen LogP contribution in [0.1, 0.15) is 33.6 Å². The zero-order valence-electron chi connectivity index (χ0n) is 12.0. The van der Waals surface area contributed by atoms with Crippen LogP contribution in [0.15, 0.2) is 0 Å². The Balaban J connectivity index is 0. The molecular weight excluding hydrogens is 230 g/mol. The van der Waals surface area contributed by atoms with E-state index in [4.69, 9.17) is 40.1 Å². The average molecular weight is 263 g/mol. The molecule has 0 aromatic heterocycles. The molecule has 0 aromatic carbocycles. The van der Waals surface area contributed by atoms with Crippen molar-refractivity contribution in [3.05, 3.63) is 0 Å². The lowest BCUT2D eigenvalue weighted by atomic mass is 9.69. The summed E-state index contributed by atoms with van der Waals surface area (Å²) in [6.45, 7) is 6.80. The molecule has 0 amide bonds. The van der Waals surface area contributed by atoms with Crippen LogP contribution >= 0.6 is 0 Å². The number of hydrogen-bond acceptors (Lipinski definition) is 7. The van der Waals surface area contributed by atoms with E-state index in [9.17, 15) is 0 Å². The minimum absolute atomic E-state index is 0.162. The maximum Gasteiger partial charge on any atom is 0.0819 e. The van der Waals surface area contributed by atoms with Gasteiger partial charge < -0.3 is 40.1 Å². The molecule has 3 unspecified atom stereocenters. The van der Waals surface area contributed by atoms with Crippen molar-refractivity contribution in [3.63, 3.8) is 0 Å². The lowest BCUT2D eigenvalue weighted by molar-refractivity contribution is 0.110. The van der Waals surface area contributed by atoms with Gasteiger partial charge >= 0.3 is 0 Å². The van der Waals surface area contributed by atoms with Crippen molar-refractivity contribution in [3.8, 4) is 0 Å². The summed E-state index contributed by atoms with van der Waals surface area (Å²) in [5.41, 5.74) is 36.2. The van der Waals surface area contributed by atoms with Crippen molar-refractivity contribution < 1.29 is 0 Å². The summed E-state index contributed by atoms with van der Waals surface area (Å²) in [6, 6.07) is 0.324. The third kappa shape index (κ3) is 8.76. The Morgan fingerprint density at radius 3 is 1.11 bits per heavy atom. The van der Waals surface area contributed by atoms with Crippen LogP contribution in [0, 0.1) is 0 Å². The fourth-order valence-electron chi connectivity index (χ4n) is 0.808. The first kappa shape index (κ1) is 20.0. The number of nitrogens with two attached hydrogens (primary N) is 7. The average Bonchev–Trinajstić information content (AvgIpc) is 2.29. The summed E-state index contributed by atoms with van der Waals surface area (Å²) < 4.78 is 0. The Hall–Kier alpha value is -0.280. The predicted molar refractivity (Wildman–Crippen MR) is 78.3 cm³/mol. The van der Waals surface area contributed by atoms with Crippen LogP contribution in [0.25, 0.3) is 0 Å². The van der Waals surface area contributed by atoms with E-state index < -0.39 is 5.66 Å². The maximum atomic E-state index is 5.65. The molecule has 7 heteroatoms. The Labute approximate surface area is 111 Å². The first-order valence-electron chi connectivity index (χ1n) is 6.28. The Kier molecular flexibility index (Phi) is 9.75. The van der Waals surface area contributed by atoms with Gasteiger partial charge in [0.15, 0.2) is 0 Å². The highest BCUT2D eigenvalue weighted by Gasteiger charge is 2.47. The van der Waals surface area contributed by atoms with Crippen molar-refractivity contribution in [2.45, 2.75) is 56.9 Å². The maximum absolute atomic E-state index is 5.65. The van der Waals surface area contributed by atoms with Crippen molar-refractivity contribution in [1.29, 1.82) is 0 Å². The van der Waals surface area contributed by atoms with Crippen molar-refractivity contribution >= 4 is 0 Å².